The van der Waals surface area contributed by atoms with Crippen LogP contribution in [0.25, 0.3) is 10.1 Å². The van der Waals surface area contributed by atoms with Gasteiger partial charge in [0.2, 0.25) is 5.91 Å². The van der Waals surface area contributed by atoms with Crippen molar-refractivity contribution in [1.82, 2.24) is 5.32 Å². The van der Waals surface area contributed by atoms with E-state index in [1.807, 2.05) is 32.0 Å². The molecule has 2 aromatic carbocycles. The lowest BCUT2D eigenvalue weighted by molar-refractivity contribution is -0.115. The van der Waals surface area contributed by atoms with Crippen LogP contribution in [0, 0.1) is 26.6 Å². The van der Waals surface area contributed by atoms with Gasteiger partial charge in [-0.2, -0.15) is 0 Å². The summed E-state index contributed by atoms with van der Waals surface area (Å²) in [7, 11) is 0. The molecule has 0 fully saturated rings. The van der Waals surface area contributed by atoms with E-state index in [1.165, 1.54) is 23.5 Å². The maximum Gasteiger partial charge on any atom is 0.262 e. The third kappa shape index (κ3) is 3.60. The van der Waals surface area contributed by atoms with Gasteiger partial charge >= 0.3 is 0 Å². The molecule has 3 aromatic rings. The van der Waals surface area contributed by atoms with Gasteiger partial charge in [0.25, 0.3) is 5.91 Å². The molecule has 0 atom stereocenters. The van der Waals surface area contributed by atoms with Crippen molar-refractivity contribution in [2.24, 2.45) is 0 Å². The highest BCUT2D eigenvalue weighted by Crippen LogP contribution is 2.31. The number of carbonyl (C=O) groups is 2. The number of para-hydroxylation sites is 1. The SMILES string of the molecule is Cc1cccc(C)c1NC(=O)CNC(=O)c1sc2ccc(F)cc2c1C. The summed E-state index contributed by atoms with van der Waals surface area (Å²) in [6, 6.07) is 10.2. The number of rotatable bonds is 4. The molecule has 2 amide bonds. The van der Waals surface area contributed by atoms with Gasteiger partial charge in [-0.1, -0.05) is 18.2 Å². The van der Waals surface area contributed by atoms with Crippen LogP contribution < -0.4 is 10.6 Å². The van der Waals surface area contributed by atoms with Gasteiger partial charge in [-0.15, -0.1) is 11.3 Å². The van der Waals surface area contributed by atoms with Gasteiger partial charge in [0.05, 0.1) is 11.4 Å². The minimum atomic E-state index is -0.335. The third-order valence-electron chi connectivity index (χ3n) is 4.26. The second-order valence-corrected chi connectivity index (χ2v) is 7.25. The van der Waals surface area contributed by atoms with Crippen molar-refractivity contribution in [3.05, 3.63) is 63.8 Å². The number of fused-ring (bicyclic) bond motifs is 1. The summed E-state index contributed by atoms with van der Waals surface area (Å²) in [6.07, 6.45) is 0. The summed E-state index contributed by atoms with van der Waals surface area (Å²) in [5.74, 6) is -0.959. The van der Waals surface area contributed by atoms with Gasteiger partial charge in [-0.3, -0.25) is 9.59 Å². The lowest BCUT2D eigenvalue weighted by Gasteiger charge is -2.11. The summed E-state index contributed by atoms with van der Waals surface area (Å²) in [4.78, 5) is 25.1. The number of carbonyl (C=O) groups excluding carboxylic acids is 2. The van der Waals surface area contributed by atoms with E-state index in [9.17, 15) is 14.0 Å². The zero-order valence-corrected chi connectivity index (χ0v) is 15.6. The number of benzene rings is 2. The second-order valence-electron chi connectivity index (χ2n) is 6.19. The molecular formula is C20H19FN2O2S. The third-order valence-corrected chi connectivity index (χ3v) is 5.53. The molecule has 0 aliphatic rings. The average Bonchev–Trinajstić information content (AvgIpc) is 2.93. The lowest BCUT2D eigenvalue weighted by Crippen LogP contribution is -2.33. The van der Waals surface area contributed by atoms with E-state index < -0.39 is 0 Å². The number of aryl methyl sites for hydroxylation is 3. The Labute approximate surface area is 155 Å². The van der Waals surface area contributed by atoms with Crippen LogP contribution in [0.15, 0.2) is 36.4 Å². The van der Waals surface area contributed by atoms with Gasteiger partial charge in [0.15, 0.2) is 0 Å². The van der Waals surface area contributed by atoms with Crippen molar-refractivity contribution in [1.29, 1.82) is 0 Å². The molecule has 26 heavy (non-hydrogen) atoms. The highest BCUT2D eigenvalue weighted by molar-refractivity contribution is 7.21. The average molecular weight is 370 g/mol. The maximum atomic E-state index is 13.4. The minimum absolute atomic E-state index is 0.130. The van der Waals surface area contributed by atoms with Crippen molar-refractivity contribution < 1.29 is 14.0 Å². The van der Waals surface area contributed by atoms with Crippen LogP contribution >= 0.6 is 11.3 Å². The first-order valence-electron chi connectivity index (χ1n) is 8.19. The summed E-state index contributed by atoms with van der Waals surface area (Å²) in [5.41, 5.74) is 3.41. The Bertz CT molecular complexity index is 990. The first-order chi connectivity index (χ1) is 12.4. The monoisotopic (exact) mass is 370 g/mol. The standard InChI is InChI=1S/C20H19FN2O2S/c1-11-5-4-6-12(2)18(11)23-17(24)10-22-20(25)19-13(3)15-9-14(21)7-8-16(15)26-19/h4-9H,10H2,1-3H3,(H,22,25)(H,23,24). The molecule has 1 heterocycles. The number of nitrogens with one attached hydrogen (secondary N) is 2. The Balaban J connectivity index is 1.69. The molecular weight excluding hydrogens is 351 g/mol. The molecule has 0 radical (unpaired) electrons. The fourth-order valence-electron chi connectivity index (χ4n) is 2.85. The Morgan fingerprint density at radius 3 is 2.46 bits per heavy atom. The van der Waals surface area contributed by atoms with Crippen molar-refractivity contribution in [2.75, 3.05) is 11.9 Å². The summed E-state index contributed by atoms with van der Waals surface area (Å²) in [6.45, 7) is 5.49. The van der Waals surface area contributed by atoms with Crippen molar-refractivity contribution >= 4 is 38.9 Å². The van der Waals surface area contributed by atoms with Gasteiger partial charge in [-0.25, -0.2) is 4.39 Å². The Hall–Kier alpha value is -2.73. The van der Waals surface area contributed by atoms with Crippen LogP contribution in [0.2, 0.25) is 0 Å². The van der Waals surface area contributed by atoms with Crippen LogP contribution in [0.5, 0.6) is 0 Å². The quantitative estimate of drug-likeness (QED) is 0.718. The normalized spacial score (nSPS) is 10.8. The zero-order valence-electron chi connectivity index (χ0n) is 14.8. The number of anilines is 1. The van der Waals surface area contributed by atoms with E-state index in [0.29, 0.717) is 4.88 Å². The minimum Gasteiger partial charge on any atom is -0.342 e. The molecule has 0 aliphatic carbocycles. The maximum absolute atomic E-state index is 13.4. The first kappa shape index (κ1) is 18.1. The highest BCUT2D eigenvalue weighted by atomic mass is 32.1. The van der Waals surface area contributed by atoms with E-state index >= 15 is 0 Å². The molecule has 3 rings (SSSR count). The lowest BCUT2D eigenvalue weighted by atomic mass is 10.1. The van der Waals surface area contributed by atoms with Crippen LogP contribution in [0.3, 0.4) is 0 Å². The summed E-state index contributed by atoms with van der Waals surface area (Å²) >= 11 is 1.29. The smallest absolute Gasteiger partial charge is 0.262 e. The fourth-order valence-corrected chi connectivity index (χ4v) is 3.95. The molecule has 0 bridgehead atoms. The summed E-state index contributed by atoms with van der Waals surface area (Å²) < 4.78 is 14.2. The van der Waals surface area contributed by atoms with Gasteiger partial charge in [0.1, 0.15) is 5.82 Å². The van der Waals surface area contributed by atoms with Crippen LogP contribution in [-0.4, -0.2) is 18.4 Å². The van der Waals surface area contributed by atoms with E-state index in [2.05, 4.69) is 10.6 Å². The Morgan fingerprint density at radius 1 is 1.08 bits per heavy atom. The Kier molecular flexibility index (Phi) is 5.04. The van der Waals surface area contributed by atoms with Crippen LogP contribution in [-0.2, 0) is 4.79 Å². The molecule has 6 heteroatoms. The predicted octanol–water partition coefficient (Wildman–Crippen LogP) is 4.33. The molecule has 0 spiro atoms. The van der Waals surface area contributed by atoms with E-state index in [4.69, 9.17) is 0 Å². The molecule has 0 saturated heterocycles. The number of amides is 2. The van der Waals surface area contributed by atoms with Crippen molar-refractivity contribution in [3.8, 4) is 0 Å². The first-order valence-corrected chi connectivity index (χ1v) is 9.01. The molecule has 4 nitrogen and oxygen atoms in total. The van der Waals surface area contributed by atoms with Crippen molar-refractivity contribution in [3.63, 3.8) is 0 Å². The molecule has 1 aromatic heterocycles. The summed E-state index contributed by atoms with van der Waals surface area (Å²) in [5, 5.41) is 6.20. The number of hydrogen-bond acceptors (Lipinski definition) is 3. The number of halogens is 1. The largest absolute Gasteiger partial charge is 0.342 e. The fraction of sp³-hybridized carbons (Fsp3) is 0.200. The predicted molar refractivity (Wildman–Crippen MR) is 103 cm³/mol. The van der Waals surface area contributed by atoms with E-state index in [0.717, 1.165) is 32.5 Å². The molecule has 0 saturated carbocycles. The van der Waals surface area contributed by atoms with E-state index in [1.54, 1.807) is 13.0 Å². The van der Waals surface area contributed by atoms with Crippen LogP contribution in [0.4, 0.5) is 10.1 Å². The van der Waals surface area contributed by atoms with Crippen molar-refractivity contribution in [2.45, 2.75) is 20.8 Å². The highest BCUT2D eigenvalue weighted by Gasteiger charge is 2.17. The topological polar surface area (TPSA) is 58.2 Å². The Morgan fingerprint density at radius 2 is 1.77 bits per heavy atom. The second kappa shape index (κ2) is 7.25. The van der Waals surface area contributed by atoms with Gasteiger partial charge in [-0.05, 0) is 61.0 Å². The molecule has 2 N–H and O–H groups in total. The van der Waals surface area contributed by atoms with Crippen LogP contribution in [0.1, 0.15) is 26.4 Å². The molecule has 0 aliphatic heterocycles. The molecule has 0 unspecified atom stereocenters. The zero-order chi connectivity index (χ0) is 18.8. The number of thiophene rings is 1. The van der Waals surface area contributed by atoms with Gasteiger partial charge < -0.3 is 10.6 Å². The molecule has 134 valence electrons. The number of hydrogen-bond donors (Lipinski definition) is 2. The van der Waals surface area contributed by atoms with Gasteiger partial charge in [0, 0.05) is 10.4 Å². The van der Waals surface area contributed by atoms with E-state index in [-0.39, 0.29) is 24.2 Å².